The number of carbonyl (C=O) groups is 2. The summed E-state index contributed by atoms with van der Waals surface area (Å²) in [5.74, 6) is -0.636. The van der Waals surface area contributed by atoms with Crippen LogP contribution in [0, 0.1) is 5.92 Å². The fraction of sp³-hybridized carbons (Fsp3) is 0.263. The molecular weight excluding hydrogens is 290 g/mol. The van der Waals surface area contributed by atoms with Crippen LogP contribution >= 0.6 is 0 Å². The van der Waals surface area contributed by atoms with E-state index in [1.54, 1.807) is 17.0 Å². The predicted molar refractivity (Wildman–Crippen MR) is 86.8 cm³/mol. The van der Waals surface area contributed by atoms with Crippen molar-refractivity contribution in [2.75, 3.05) is 13.7 Å². The number of methoxy groups -OCH3 is 1. The smallest absolute Gasteiger partial charge is 0.311 e. The van der Waals surface area contributed by atoms with Crippen molar-refractivity contribution >= 4 is 11.9 Å². The molecule has 0 spiro atoms. The lowest BCUT2D eigenvalue weighted by Gasteiger charge is -2.28. The number of amides is 1. The number of carbonyl (C=O) groups excluding carboxylic acids is 2. The Morgan fingerprint density at radius 2 is 1.61 bits per heavy atom. The van der Waals surface area contributed by atoms with E-state index >= 15 is 0 Å². The Bertz CT molecular complexity index is 684. The van der Waals surface area contributed by atoms with Crippen molar-refractivity contribution < 1.29 is 14.3 Å². The number of hydrogen-bond donors (Lipinski definition) is 0. The first kappa shape index (κ1) is 15.3. The van der Waals surface area contributed by atoms with Crippen LogP contribution < -0.4 is 0 Å². The van der Waals surface area contributed by atoms with E-state index in [9.17, 15) is 9.59 Å². The standard InChI is InChI=1S/C19H19NO3/c1-23-19(22)16-12-13-20(17(16)14-8-4-2-5-9-14)18(21)15-10-6-3-7-11-15/h2-11,16-17H,12-13H2,1H3/t16-,17+/m0/s1. The molecule has 0 aliphatic carbocycles. The maximum atomic E-state index is 12.9. The molecule has 2 aromatic rings. The van der Waals surface area contributed by atoms with E-state index in [1.165, 1.54) is 7.11 Å². The summed E-state index contributed by atoms with van der Waals surface area (Å²) in [6.07, 6.45) is 0.616. The molecule has 23 heavy (non-hydrogen) atoms. The molecule has 1 saturated heterocycles. The first-order valence-electron chi connectivity index (χ1n) is 7.71. The Labute approximate surface area is 135 Å². The van der Waals surface area contributed by atoms with E-state index < -0.39 is 0 Å². The van der Waals surface area contributed by atoms with E-state index in [4.69, 9.17) is 4.74 Å². The molecule has 4 nitrogen and oxygen atoms in total. The third kappa shape index (κ3) is 2.97. The molecule has 0 radical (unpaired) electrons. The Kier molecular flexibility index (Phi) is 4.42. The summed E-state index contributed by atoms with van der Waals surface area (Å²) in [6.45, 7) is 0.549. The molecule has 1 heterocycles. The number of rotatable bonds is 3. The number of benzene rings is 2. The molecule has 0 unspecified atom stereocenters. The van der Waals surface area contributed by atoms with Gasteiger partial charge in [-0.3, -0.25) is 9.59 Å². The molecule has 2 atom stereocenters. The van der Waals surface area contributed by atoms with Gasteiger partial charge in [-0.15, -0.1) is 0 Å². The average molecular weight is 309 g/mol. The average Bonchev–Trinajstić information content (AvgIpc) is 3.07. The molecule has 0 saturated carbocycles. The molecular formula is C19H19NO3. The SMILES string of the molecule is COC(=O)[C@H]1CCN(C(=O)c2ccccc2)[C@@H]1c1ccccc1. The molecule has 0 bridgehead atoms. The van der Waals surface area contributed by atoms with Crippen LogP contribution in [0.2, 0.25) is 0 Å². The molecule has 1 amide bonds. The minimum atomic E-state index is -0.324. The number of esters is 1. The summed E-state index contributed by atoms with van der Waals surface area (Å²) in [6, 6.07) is 18.6. The first-order valence-corrected chi connectivity index (χ1v) is 7.71. The van der Waals surface area contributed by atoms with Gasteiger partial charge in [0.25, 0.3) is 5.91 Å². The van der Waals surface area contributed by atoms with Crippen molar-refractivity contribution in [3.63, 3.8) is 0 Å². The second kappa shape index (κ2) is 6.65. The molecule has 0 N–H and O–H groups in total. The molecule has 4 heteroatoms. The zero-order chi connectivity index (χ0) is 16.2. The number of likely N-dealkylation sites (tertiary alicyclic amines) is 1. The third-order valence-electron chi connectivity index (χ3n) is 4.32. The molecule has 1 aliphatic heterocycles. The summed E-state index contributed by atoms with van der Waals surface area (Å²) in [5, 5.41) is 0. The predicted octanol–water partition coefficient (Wildman–Crippen LogP) is 3.06. The molecule has 0 aromatic heterocycles. The molecule has 3 rings (SSSR count). The lowest BCUT2D eigenvalue weighted by Crippen LogP contribution is -2.34. The Morgan fingerprint density at radius 1 is 1.00 bits per heavy atom. The highest BCUT2D eigenvalue weighted by Gasteiger charge is 2.42. The summed E-state index contributed by atoms with van der Waals surface area (Å²) in [7, 11) is 1.39. The third-order valence-corrected chi connectivity index (χ3v) is 4.32. The van der Waals surface area contributed by atoms with E-state index in [1.807, 2.05) is 48.5 Å². The molecule has 2 aromatic carbocycles. The van der Waals surface area contributed by atoms with Crippen LogP contribution in [0.4, 0.5) is 0 Å². The lowest BCUT2D eigenvalue weighted by atomic mass is 9.93. The second-order valence-electron chi connectivity index (χ2n) is 5.64. The van der Waals surface area contributed by atoms with Crippen LogP contribution in [0.1, 0.15) is 28.4 Å². The van der Waals surface area contributed by atoms with Gasteiger partial charge in [0.1, 0.15) is 0 Å². The maximum absolute atomic E-state index is 12.9. The van der Waals surface area contributed by atoms with Gasteiger partial charge in [0.15, 0.2) is 0 Å². The van der Waals surface area contributed by atoms with Crippen LogP contribution in [-0.2, 0) is 9.53 Å². The van der Waals surface area contributed by atoms with Gasteiger partial charge in [0.2, 0.25) is 0 Å². The molecule has 1 aliphatic rings. The van der Waals surface area contributed by atoms with Crippen molar-refractivity contribution in [2.45, 2.75) is 12.5 Å². The Morgan fingerprint density at radius 3 is 2.22 bits per heavy atom. The summed E-state index contributed by atoms with van der Waals surface area (Å²) >= 11 is 0. The minimum absolute atomic E-state index is 0.0501. The van der Waals surface area contributed by atoms with Gasteiger partial charge in [0, 0.05) is 12.1 Å². The second-order valence-corrected chi connectivity index (χ2v) is 5.64. The van der Waals surface area contributed by atoms with E-state index in [-0.39, 0.29) is 23.8 Å². The lowest BCUT2D eigenvalue weighted by molar-refractivity contribution is -0.146. The van der Waals surface area contributed by atoms with Crippen molar-refractivity contribution in [3.05, 3.63) is 71.8 Å². The number of ether oxygens (including phenoxy) is 1. The summed E-state index contributed by atoms with van der Waals surface area (Å²) in [5.41, 5.74) is 1.60. The fourth-order valence-electron chi connectivity index (χ4n) is 3.23. The zero-order valence-corrected chi connectivity index (χ0v) is 13.0. The van der Waals surface area contributed by atoms with E-state index in [0.29, 0.717) is 18.5 Å². The Hall–Kier alpha value is -2.62. The summed E-state index contributed by atoms with van der Waals surface area (Å²) in [4.78, 5) is 26.8. The van der Waals surface area contributed by atoms with Crippen LogP contribution in [0.15, 0.2) is 60.7 Å². The van der Waals surface area contributed by atoms with Crippen molar-refractivity contribution in [2.24, 2.45) is 5.92 Å². The van der Waals surface area contributed by atoms with Gasteiger partial charge >= 0.3 is 5.97 Å². The number of nitrogens with zero attached hydrogens (tertiary/aromatic N) is 1. The van der Waals surface area contributed by atoms with Gasteiger partial charge in [-0.25, -0.2) is 0 Å². The monoisotopic (exact) mass is 309 g/mol. The molecule has 1 fully saturated rings. The topological polar surface area (TPSA) is 46.6 Å². The van der Waals surface area contributed by atoms with Crippen molar-refractivity contribution in [3.8, 4) is 0 Å². The molecule has 118 valence electrons. The highest BCUT2D eigenvalue weighted by atomic mass is 16.5. The van der Waals surface area contributed by atoms with E-state index in [0.717, 1.165) is 5.56 Å². The van der Waals surface area contributed by atoms with Gasteiger partial charge in [-0.1, -0.05) is 48.5 Å². The van der Waals surface area contributed by atoms with Crippen LogP contribution in [0.3, 0.4) is 0 Å². The zero-order valence-electron chi connectivity index (χ0n) is 13.0. The first-order chi connectivity index (χ1) is 11.2. The quantitative estimate of drug-likeness (QED) is 0.819. The highest BCUT2D eigenvalue weighted by Crippen LogP contribution is 2.38. The fourth-order valence-corrected chi connectivity index (χ4v) is 3.23. The minimum Gasteiger partial charge on any atom is -0.469 e. The van der Waals surface area contributed by atoms with Gasteiger partial charge in [0.05, 0.1) is 19.1 Å². The highest BCUT2D eigenvalue weighted by molar-refractivity contribution is 5.95. The van der Waals surface area contributed by atoms with Crippen LogP contribution in [-0.4, -0.2) is 30.4 Å². The van der Waals surface area contributed by atoms with Crippen LogP contribution in [0.25, 0.3) is 0 Å². The van der Waals surface area contributed by atoms with Gasteiger partial charge in [-0.2, -0.15) is 0 Å². The van der Waals surface area contributed by atoms with E-state index in [2.05, 4.69) is 0 Å². The van der Waals surface area contributed by atoms with Gasteiger partial charge in [-0.05, 0) is 24.1 Å². The summed E-state index contributed by atoms with van der Waals surface area (Å²) < 4.78 is 4.94. The van der Waals surface area contributed by atoms with Crippen LogP contribution in [0.5, 0.6) is 0 Å². The van der Waals surface area contributed by atoms with Gasteiger partial charge < -0.3 is 9.64 Å². The normalized spacial score (nSPS) is 20.3. The largest absolute Gasteiger partial charge is 0.469 e. The van der Waals surface area contributed by atoms with Crippen molar-refractivity contribution in [1.29, 1.82) is 0 Å². The van der Waals surface area contributed by atoms with Crippen molar-refractivity contribution in [1.82, 2.24) is 4.90 Å². The number of hydrogen-bond acceptors (Lipinski definition) is 3. The Balaban J connectivity index is 1.96. The maximum Gasteiger partial charge on any atom is 0.311 e.